The Hall–Kier alpha value is -3.67. The molecule has 0 saturated carbocycles. The number of carbonyl (C=O) groups excluding carboxylic acids is 5. The minimum Gasteiger partial charge on any atom is -0.507 e. The van der Waals surface area contributed by atoms with Gasteiger partial charge in [0.2, 0.25) is 12.2 Å². The van der Waals surface area contributed by atoms with Crippen molar-refractivity contribution in [2.75, 3.05) is 6.61 Å². The number of phenolic OH excluding ortho intramolecular Hbond substituents is 1. The summed E-state index contributed by atoms with van der Waals surface area (Å²) < 4.78 is 26.6. The molecule has 0 unspecified atom stereocenters. The van der Waals surface area contributed by atoms with Crippen LogP contribution in [-0.2, 0) is 42.9 Å². The predicted molar refractivity (Wildman–Crippen MR) is 108 cm³/mol. The lowest BCUT2D eigenvalue weighted by Crippen LogP contribution is -2.66. The van der Waals surface area contributed by atoms with Crippen LogP contribution >= 0.6 is 0 Å². The number of aromatic hydroxyl groups is 1. The Kier molecular flexibility index (Phi) is 8.74. The van der Waals surface area contributed by atoms with E-state index in [2.05, 4.69) is 5.32 Å². The van der Waals surface area contributed by atoms with Gasteiger partial charge in [0.05, 0.1) is 0 Å². The Morgan fingerprint density at radius 2 is 1.52 bits per heavy atom. The van der Waals surface area contributed by atoms with Crippen LogP contribution in [0.5, 0.6) is 5.75 Å². The molecule has 0 aliphatic carbocycles. The third-order valence-electron chi connectivity index (χ3n) is 4.42. The molecule has 1 aromatic carbocycles. The van der Waals surface area contributed by atoms with E-state index in [1.54, 1.807) is 0 Å². The summed E-state index contributed by atoms with van der Waals surface area (Å²) in [4.78, 5) is 59.4. The number of benzene rings is 1. The van der Waals surface area contributed by atoms with Gasteiger partial charge >= 0.3 is 23.9 Å². The smallest absolute Gasteiger partial charge is 0.344 e. The topological polar surface area (TPSA) is 164 Å². The highest BCUT2D eigenvalue weighted by molar-refractivity contribution is 5.92. The van der Waals surface area contributed by atoms with Gasteiger partial charge in [0.1, 0.15) is 30.1 Å². The molecule has 0 aromatic heterocycles. The molecule has 2 rings (SSSR count). The molecule has 1 aliphatic rings. The van der Waals surface area contributed by atoms with Gasteiger partial charge in [0.15, 0.2) is 12.2 Å². The zero-order chi connectivity index (χ0) is 24.7. The van der Waals surface area contributed by atoms with Crippen LogP contribution in [0.4, 0.5) is 0 Å². The van der Waals surface area contributed by atoms with E-state index in [0.29, 0.717) is 0 Å². The summed E-state index contributed by atoms with van der Waals surface area (Å²) in [5.41, 5.74) is -0.189. The number of esters is 4. The molecule has 12 nitrogen and oxygen atoms in total. The first-order valence-electron chi connectivity index (χ1n) is 9.89. The molecular formula is C21H25NO11. The SMILES string of the molecule is CC(=O)N[C@@H]1[C@H](OC(=O)c2ccccc2O)O[C@H](COC(C)=O)[C@@H](OC(C)=O)[C@@H]1OC(C)=O. The van der Waals surface area contributed by atoms with Crippen molar-refractivity contribution in [1.82, 2.24) is 5.32 Å². The number of nitrogens with one attached hydrogen (secondary N) is 1. The fourth-order valence-corrected chi connectivity index (χ4v) is 3.21. The molecule has 2 N–H and O–H groups in total. The minimum absolute atomic E-state index is 0.189. The maximum atomic E-state index is 12.7. The molecule has 12 heteroatoms. The third kappa shape index (κ3) is 7.17. The van der Waals surface area contributed by atoms with E-state index in [0.717, 1.165) is 20.8 Å². The molecule has 1 aliphatic heterocycles. The minimum atomic E-state index is -1.57. The zero-order valence-corrected chi connectivity index (χ0v) is 18.4. The summed E-state index contributed by atoms with van der Waals surface area (Å²) >= 11 is 0. The molecule has 0 bridgehead atoms. The number of hydrogen-bond donors (Lipinski definition) is 2. The van der Waals surface area contributed by atoms with Crippen LogP contribution in [0, 0.1) is 0 Å². The molecule has 1 saturated heterocycles. The van der Waals surface area contributed by atoms with Crippen LogP contribution in [0.25, 0.3) is 0 Å². The highest BCUT2D eigenvalue weighted by atomic mass is 16.7. The largest absolute Gasteiger partial charge is 0.507 e. The van der Waals surface area contributed by atoms with Crippen molar-refractivity contribution in [3.8, 4) is 5.75 Å². The lowest BCUT2D eigenvalue weighted by atomic mass is 9.96. The Balaban J connectivity index is 2.45. The normalized spacial score (nSPS) is 24.2. The monoisotopic (exact) mass is 467 g/mol. The molecule has 1 amide bonds. The highest BCUT2D eigenvalue weighted by Gasteiger charge is 2.52. The van der Waals surface area contributed by atoms with Crippen molar-refractivity contribution < 1.29 is 52.8 Å². The van der Waals surface area contributed by atoms with Crippen molar-refractivity contribution in [1.29, 1.82) is 0 Å². The average molecular weight is 467 g/mol. The maximum Gasteiger partial charge on any atom is 0.344 e. The summed E-state index contributed by atoms with van der Waals surface area (Å²) in [6.07, 6.45) is -5.48. The van der Waals surface area contributed by atoms with E-state index < -0.39 is 67.0 Å². The van der Waals surface area contributed by atoms with E-state index in [1.807, 2.05) is 0 Å². The van der Waals surface area contributed by atoms with Crippen molar-refractivity contribution in [3.63, 3.8) is 0 Å². The first kappa shape index (κ1) is 25.6. The maximum absolute atomic E-state index is 12.7. The summed E-state index contributed by atoms with van der Waals surface area (Å²) in [7, 11) is 0. The van der Waals surface area contributed by atoms with Crippen LogP contribution in [0.3, 0.4) is 0 Å². The number of rotatable bonds is 7. The number of amides is 1. The number of carbonyl (C=O) groups is 5. The van der Waals surface area contributed by atoms with Gasteiger partial charge < -0.3 is 34.1 Å². The quantitative estimate of drug-likeness (QED) is 0.416. The van der Waals surface area contributed by atoms with Gasteiger partial charge in [-0.2, -0.15) is 0 Å². The number of ether oxygens (including phenoxy) is 5. The summed E-state index contributed by atoms with van der Waals surface area (Å²) in [6, 6.07) is 4.25. The van der Waals surface area contributed by atoms with Gasteiger partial charge in [-0.05, 0) is 12.1 Å². The number of hydrogen-bond acceptors (Lipinski definition) is 11. The standard InChI is InChI=1S/C21H25NO11/c1-10(23)22-17-19(31-13(4)26)18(30-12(3)25)16(9-29-11(2)24)32-21(17)33-20(28)14-7-5-6-8-15(14)27/h5-8,16-19,21,27H,9H2,1-4H3,(H,22,23)/t16-,17+,18-,19-,21+/m1/s1. The van der Waals surface area contributed by atoms with Gasteiger partial charge in [0.25, 0.3) is 0 Å². The van der Waals surface area contributed by atoms with Crippen LogP contribution < -0.4 is 5.32 Å². The first-order valence-corrected chi connectivity index (χ1v) is 9.89. The fraction of sp³-hybridized carbons (Fsp3) is 0.476. The summed E-state index contributed by atoms with van der Waals surface area (Å²) in [5, 5.41) is 12.4. The van der Waals surface area contributed by atoms with E-state index in [-0.39, 0.29) is 11.3 Å². The molecule has 1 fully saturated rings. The Morgan fingerprint density at radius 3 is 2.06 bits per heavy atom. The van der Waals surface area contributed by atoms with Crippen LogP contribution in [-0.4, -0.2) is 72.1 Å². The average Bonchev–Trinajstić information content (AvgIpc) is 2.70. The van der Waals surface area contributed by atoms with Gasteiger partial charge in [-0.15, -0.1) is 0 Å². The van der Waals surface area contributed by atoms with Crippen molar-refractivity contribution in [3.05, 3.63) is 29.8 Å². The second-order valence-corrected chi connectivity index (χ2v) is 7.14. The molecule has 180 valence electrons. The van der Waals surface area contributed by atoms with Crippen molar-refractivity contribution >= 4 is 29.8 Å². The van der Waals surface area contributed by atoms with Gasteiger partial charge in [-0.1, -0.05) is 12.1 Å². The first-order chi connectivity index (χ1) is 15.5. The second kappa shape index (κ2) is 11.3. The molecular weight excluding hydrogens is 442 g/mol. The zero-order valence-electron chi connectivity index (χ0n) is 18.4. The third-order valence-corrected chi connectivity index (χ3v) is 4.42. The summed E-state index contributed by atoms with van der Waals surface area (Å²) in [6.45, 7) is 4.06. The Bertz CT molecular complexity index is 915. The lowest BCUT2D eigenvalue weighted by molar-refractivity contribution is -0.263. The van der Waals surface area contributed by atoms with Gasteiger partial charge in [-0.25, -0.2) is 4.79 Å². The lowest BCUT2D eigenvalue weighted by Gasteiger charge is -2.44. The Morgan fingerprint density at radius 1 is 0.909 bits per heavy atom. The highest BCUT2D eigenvalue weighted by Crippen LogP contribution is 2.29. The van der Waals surface area contributed by atoms with Crippen LogP contribution in [0.15, 0.2) is 24.3 Å². The molecule has 1 heterocycles. The van der Waals surface area contributed by atoms with Gasteiger partial charge in [-0.3, -0.25) is 19.2 Å². The number of para-hydroxylation sites is 1. The fourth-order valence-electron chi connectivity index (χ4n) is 3.21. The van der Waals surface area contributed by atoms with Gasteiger partial charge in [0, 0.05) is 27.7 Å². The van der Waals surface area contributed by atoms with E-state index in [1.165, 1.54) is 31.2 Å². The molecule has 0 spiro atoms. The van der Waals surface area contributed by atoms with Crippen molar-refractivity contribution in [2.45, 2.75) is 58.3 Å². The molecule has 0 radical (unpaired) electrons. The second-order valence-electron chi connectivity index (χ2n) is 7.14. The molecule has 33 heavy (non-hydrogen) atoms. The van der Waals surface area contributed by atoms with Crippen molar-refractivity contribution in [2.24, 2.45) is 0 Å². The number of phenols is 1. The molecule has 5 atom stereocenters. The van der Waals surface area contributed by atoms with Crippen LogP contribution in [0.1, 0.15) is 38.1 Å². The predicted octanol–water partition coefficient (Wildman–Crippen LogP) is 0.205. The molecule has 1 aromatic rings. The Labute approximate surface area is 189 Å². The van der Waals surface area contributed by atoms with E-state index in [4.69, 9.17) is 23.7 Å². The van der Waals surface area contributed by atoms with Crippen LogP contribution in [0.2, 0.25) is 0 Å². The van der Waals surface area contributed by atoms with E-state index >= 15 is 0 Å². The summed E-state index contributed by atoms with van der Waals surface area (Å²) in [5.74, 6) is -4.18. The van der Waals surface area contributed by atoms with E-state index in [9.17, 15) is 29.1 Å².